The van der Waals surface area contributed by atoms with Crippen molar-refractivity contribution in [3.05, 3.63) is 34.9 Å². The summed E-state index contributed by atoms with van der Waals surface area (Å²) in [5.74, 6) is 2.41. The van der Waals surface area contributed by atoms with E-state index in [2.05, 4.69) is 15.5 Å². The summed E-state index contributed by atoms with van der Waals surface area (Å²) < 4.78 is 7.10. The van der Waals surface area contributed by atoms with Crippen molar-refractivity contribution in [1.29, 1.82) is 0 Å². The van der Waals surface area contributed by atoms with E-state index in [0.717, 1.165) is 17.3 Å². The van der Waals surface area contributed by atoms with E-state index in [9.17, 15) is 0 Å². The highest BCUT2D eigenvalue weighted by Crippen LogP contribution is 2.27. The molecule has 0 atom stereocenters. The van der Waals surface area contributed by atoms with Crippen LogP contribution < -0.4 is 10.1 Å². The molecule has 0 unspecified atom stereocenters. The second-order valence-electron chi connectivity index (χ2n) is 3.93. The maximum atomic E-state index is 5.96. The molecule has 6 heteroatoms. The number of nitrogens with one attached hydrogen (secondary N) is 1. The van der Waals surface area contributed by atoms with Crippen LogP contribution in [0.25, 0.3) is 0 Å². The molecule has 1 heterocycles. The fourth-order valence-corrected chi connectivity index (χ4v) is 1.75. The number of hydrogen-bond donors (Lipinski definition) is 1. The van der Waals surface area contributed by atoms with E-state index in [1.54, 1.807) is 13.2 Å². The number of hydrogen-bond acceptors (Lipinski definition) is 4. The lowest BCUT2D eigenvalue weighted by atomic mass is 10.3. The van der Waals surface area contributed by atoms with Crippen LogP contribution in [0, 0.1) is 6.92 Å². The Morgan fingerprint density at radius 3 is 2.78 bits per heavy atom. The topological polar surface area (TPSA) is 52.0 Å². The van der Waals surface area contributed by atoms with Gasteiger partial charge in [0.15, 0.2) is 5.82 Å². The van der Waals surface area contributed by atoms with Gasteiger partial charge >= 0.3 is 0 Å². The highest BCUT2D eigenvalue weighted by molar-refractivity contribution is 6.32. The number of benzene rings is 1. The highest BCUT2D eigenvalue weighted by atomic mass is 35.5. The summed E-state index contributed by atoms with van der Waals surface area (Å²) in [6.45, 7) is 2.52. The standard InChI is InChI=1S/C12H15ClN4O/c1-8-15-16-12(17(8)2)7-14-9-4-5-10(13)11(6-9)18-3/h4-6,14H,7H2,1-3H3. The van der Waals surface area contributed by atoms with Gasteiger partial charge in [0.05, 0.1) is 18.7 Å². The van der Waals surface area contributed by atoms with Gasteiger partial charge in [-0.2, -0.15) is 0 Å². The van der Waals surface area contributed by atoms with Crippen molar-refractivity contribution in [2.45, 2.75) is 13.5 Å². The third kappa shape index (κ3) is 2.56. The number of methoxy groups -OCH3 is 1. The molecule has 1 N–H and O–H groups in total. The van der Waals surface area contributed by atoms with E-state index in [0.29, 0.717) is 17.3 Å². The zero-order valence-corrected chi connectivity index (χ0v) is 11.3. The lowest BCUT2D eigenvalue weighted by molar-refractivity contribution is 0.415. The largest absolute Gasteiger partial charge is 0.495 e. The maximum Gasteiger partial charge on any atom is 0.152 e. The smallest absolute Gasteiger partial charge is 0.152 e. The van der Waals surface area contributed by atoms with Crippen LogP contribution in [0.3, 0.4) is 0 Å². The van der Waals surface area contributed by atoms with Gasteiger partial charge in [0.25, 0.3) is 0 Å². The van der Waals surface area contributed by atoms with Gasteiger partial charge in [0.1, 0.15) is 11.6 Å². The first kappa shape index (κ1) is 12.7. The first-order valence-electron chi connectivity index (χ1n) is 5.54. The van der Waals surface area contributed by atoms with Gasteiger partial charge in [-0.05, 0) is 19.1 Å². The first-order chi connectivity index (χ1) is 8.61. The van der Waals surface area contributed by atoms with Gasteiger partial charge in [-0.1, -0.05) is 11.6 Å². The van der Waals surface area contributed by atoms with Crippen molar-refractivity contribution in [2.24, 2.45) is 7.05 Å². The van der Waals surface area contributed by atoms with Crippen LogP contribution in [0.5, 0.6) is 5.75 Å². The highest BCUT2D eigenvalue weighted by Gasteiger charge is 2.06. The van der Waals surface area contributed by atoms with Crippen LogP contribution in [0.2, 0.25) is 5.02 Å². The maximum absolute atomic E-state index is 5.96. The molecule has 2 aromatic rings. The van der Waals surface area contributed by atoms with Crippen LogP contribution in [0.1, 0.15) is 11.6 Å². The molecule has 1 aromatic heterocycles. The molecule has 18 heavy (non-hydrogen) atoms. The fraction of sp³-hybridized carbons (Fsp3) is 0.333. The van der Waals surface area contributed by atoms with Crippen LogP contribution in [0.4, 0.5) is 5.69 Å². The molecule has 0 fully saturated rings. The Morgan fingerprint density at radius 2 is 2.17 bits per heavy atom. The van der Waals surface area contributed by atoms with Gasteiger partial charge in [0.2, 0.25) is 0 Å². The summed E-state index contributed by atoms with van der Waals surface area (Å²) in [4.78, 5) is 0. The molecule has 0 aliphatic rings. The van der Waals surface area contributed by atoms with E-state index in [1.807, 2.05) is 30.7 Å². The molecule has 0 radical (unpaired) electrons. The molecule has 0 saturated carbocycles. The fourth-order valence-electron chi connectivity index (χ4n) is 1.56. The Morgan fingerprint density at radius 1 is 1.39 bits per heavy atom. The number of anilines is 1. The molecule has 0 bridgehead atoms. The monoisotopic (exact) mass is 266 g/mol. The van der Waals surface area contributed by atoms with Gasteiger partial charge in [-0.3, -0.25) is 0 Å². The zero-order valence-electron chi connectivity index (χ0n) is 10.6. The van der Waals surface area contributed by atoms with E-state index in [1.165, 1.54) is 0 Å². The minimum Gasteiger partial charge on any atom is -0.495 e. The first-order valence-corrected chi connectivity index (χ1v) is 5.92. The average molecular weight is 267 g/mol. The average Bonchev–Trinajstić information content (AvgIpc) is 2.69. The van der Waals surface area contributed by atoms with Gasteiger partial charge in [-0.25, -0.2) is 0 Å². The molecular formula is C12H15ClN4O. The Balaban J connectivity index is 2.08. The Kier molecular flexibility index (Phi) is 3.72. The van der Waals surface area contributed by atoms with E-state index in [-0.39, 0.29) is 0 Å². The molecule has 0 saturated heterocycles. The van der Waals surface area contributed by atoms with E-state index in [4.69, 9.17) is 16.3 Å². The predicted molar refractivity (Wildman–Crippen MR) is 71.1 cm³/mol. The SMILES string of the molecule is COc1cc(NCc2nnc(C)n2C)ccc1Cl. The summed E-state index contributed by atoms with van der Waals surface area (Å²) in [7, 11) is 3.53. The second kappa shape index (κ2) is 5.27. The Bertz CT molecular complexity index is 553. The third-order valence-corrected chi connectivity index (χ3v) is 3.10. The lowest BCUT2D eigenvalue weighted by Gasteiger charge is -2.09. The number of rotatable bonds is 4. The summed E-state index contributed by atoms with van der Waals surface area (Å²) in [5, 5.41) is 11.9. The molecule has 0 aliphatic carbocycles. The van der Waals surface area contributed by atoms with Crippen molar-refractivity contribution in [1.82, 2.24) is 14.8 Å². The van der Waals surface area contributed by atoms with Crippen molar-refractivity contribution in [2.75, 3.05) is 12.4 Å². The molecule has 0 spiro atoms. The molecule has 5 nitrogen and oxygen atoms in total. The van der Waals surface area contributed by atoms with E-state index >= 15 is 0 Å². The summed E-state index contributed by atoms with van der Waals surface area (Å²) in [6, 6.07) is 5.55. The predicted octanol–water partition coefficient (Wildman–Crippen LogP) is 2.40. The number of ether oxygens (including phenoxy) is 1. The number of halogens is 1. The van der Waals surface area contributed by atoms with Gasteiger partial charge in [-0.15, -0.1) is 10.2 Å². The van der Waals surface area contributed by atoms with Crippen LogP contribution >= 0.6 is 11.6 Å². The van der Waals surface area contributed by atoms with Crippen LogP contribution in [-0.2, 0) is 13.6 Å². The van der Waals surface area contributed by atoms with Crippen molar-refractivity contribution >= 4 is 17.3 Å². The van der Waals surface area contributed by atoms with Crippen molar-refractivity contribution in [3.63, 3.8) is 0 Å². The second-order valence-corrected chi connectivity index (χ2v) is 4.33. The molecular weight excluding hydrogens is 252 g/mol. The molecule has 1 aromatic carbocycles. The normalized spacial score (nSPS) is 10.4. The van der Waals surface area contributed by atoms with Gasteiger partial charge < -0.3 is 14.6 Å². The summed E-state index contributed by atoms with van der Waals surface area (Å²) >= 11 is 5.96. The lowest BCUT2D eigenvalue weighted by Crippen LogP contribution is -2.06. The molecule has 2 rings (SSSR count). The zero-order chi connectivity index (χ0) is 13.1. The van der Waals surface area contributed by atoms with E-state index < -0.39 is 0 Å². The van der Waals surface area contributed by atoms with Crippen LogP contribution in [-0.4, -0.2) is 21.9 Å². The van der Waals surface area contributed by atoms with Crippen LogP contribution in [0.15, 0.2) is 18.2 Å². The quantitative estimate of drug-likeness (QED) is 0.923. The number of aryl methyl sites for hydroxylation is 1. The summed E-state index contributed by atoms with van der Waals surface area (Å²) in [5.41, 5.74) is 0.928. The summed E-state index contributed by atoms with van der Waals surface area (Å²) in [6.07, 6.45) is 0. The minimum absolute atomic E-state index is 0.595. The number of nitrogens with zero attached hydrogens (tertiary/aromatic N) is 3. The van der Waals surface area contributed by atoms with Gasteiger partial charge in [0, 0.05) is 18.8 Å². The molecule has 96 valence electrons. The molecule has 0 aliphatic heterocycles. The Labute approximate surface area is 111 Å². The Hall–Kier alpha value is -1.75. The number of aromatic nitrogens is 3. The van der Waals surface area contributed by atoms with Crippen molar-refractivity contribution < 1.29 is 4.74 Å². The minimum atomic E-state index is 0.595. The third-order valence-electron chi connectivity index (χ3n) is 2.78. The van der Waals surface area contributed by atoms with Crippen molar-refractivity contribution in [3.8, 4) is 5.75 Å². The molecule has 0 amide bonds.